The normalized spacial score (nSPS) is 16.5. The average molecular weight is 253 g/mol. The van der Waals surface area contributed by atoms with Crippen molar-refractivity contribution in [3.63, 3.8) is 0 Å². The van der Waals surface area contributed by atoms with Crippen LogP contribution in [0.2, 0.25) is 0 Å². The van der Waals surface area contributed by atoms with E-state index in [1.807, 2.05) is 6.92 Å². The zero-order chi connectivity index (χ0) is 12.8. The van der Waals surface area contributed by atoms with Crippen LogP contribution >= 0.6 is 0 Å². The molecular formula is C14H23NOS. The summed E-state index contributed by atoms with van der Waals surface area (Å²) in [7, 11) is -0.713. The lowest BCUT2D eigenvalue weighted by molar-refractivity contribution is 0.554. The van der Waals surface area contributed by atoms with Crippen molar-refractivity contribution in [2.75, 3.05) is 12.8 Å². The molecule has 1 aromatic carbocycles. The van der Waals surface area contributed by atoms with Gasteiger partial charge >= 0.3 is 0 Å². The molecule has 0 fully saturated rings. The molecule has 1 N–H and O–H groups in total. The van der Waals surface area contributed by atoms with Gasteiger partial charge in [0.2, 0.25) is 0 Å². The third kappa shape index (κ3) is 5.00. The van der Waals surface area contributed by atoms with Gasteiger partial charge < -0.3 is 5.32 Å². The van der Waals surface area contributed by atoms with Gasteiger partial charge in [0.05, 0.1) is 0 Å². The van der Waals surface area contributed by atoms with Gasteiger partial charge in [0, 0.05) is 28.3 Å². The fourth-order valence-electron chi connectivity index (χ4n) is 1.64. The lowest BCUT2D eigenvalue weighted by Gasteiger charge is -2.16. The topological polar surface area (TPSA) is 29.1 Å². The molecule has 0 saturated heterocycles. The summed E-state index contributed by atoms with van der Waals surface area (Å²) in [5.74, 6) is 0. The summed E-state index contributed by atoms with van der Waals surface area (Å²) >= 11 is 0. The number of nitrogens with one attached hydrogen (secondary N) is 1. The van der Waals surface area contributed by atoms with E-state index in [1.54, 1.807) is 6.26 Å². The zero-order valence-electron chi connectivity index (χ0n) is 11.2. The van der Waals surface area contributed by atoms with Crippen LogP contribution in [-0.2, 0) is 10.8 Å². The highest BCUT2D eigenvalue weighted by molar-refractivity contribution is 7.84. The van der Waals surface area contributed by atoms with Gasteiger partial charge in [0.25, 0.3) is 0 Å². The molecule has 0 heterocycles. The third-order valence-corrected chi connectivity index (χ3v) is 4.51. The van der Waals surface area contributed by atoms with Gasteiger partial charge in [-0.3, -0.25) is 4.21 Å². The minimum Gasteiger partial charge on any atom is -0.310 e. The summed E-state index contributed by atoms with van der Waals surface area (Å²) < 4.78 is 11.2. The Bertz CT molecular complexity index is 361. The van der Waals surface area contributed by atoms with Crippen molar-refractivity contribution < 1.29 is 4.21 Å². The average Bonchev–Trinajstić information content (AvgIpc) is 2.29. The predicted molar refractivity (Wildman–Crippen MR) is 75.7 cm³/mol. The van der Waals surface area contributed by atoms with E-state index < -0.39 is 10.8 Å². The van der Waals surface area contributed by atoms with Crippen LogP contribution < -0.4 is 5.32 Å². The highest BCUT2D eigenvalue weighted by atomic mass is 32.2. The first-order chi connectivity index (χ1) is 8.00. The first kappa shape index (κ1) is 14.4. The molecule has 0 radical (unpaired) electrons. The van der Waals surface area contributed by atoms with E-state index in [4.69, 9.17) is 0 Å². The maximum absolute atomic E-state index is 11.2. The van der Waals surface area contributed by atoms with Gasteiger partial charge in [-0.05, 0) is 32.4 Å². The summed E-state index contributed by atoms with van der Waals surface area (Å²) in [6.45, 7) is 7.21. The largest absolute Gasteiger partial charge is 0.310 e. The lowest BCUT2D eigenvalue weighted by atomic mass is 10.1. The molecular weight excluding hydrogens is 230 g/mol. The van der Waals surface area contributed by atoms with Crippen LogP contribution in [0, 0.1) is 6.92 Å². The molecule has 0 amide bonds. The summed E-state index contributed by atoms with van der Waals surface area (Å²) in [5.41, 5.74) is 2.59. The van der Waals surface area contributed by atoms with E-state index in [2.05, 4.69) is 43.4 Å². The van der Waals surface area contributed by atoms with Gasteiger partial charge in [0.1, 0.15) is 0 Å². The second kappa shape index (κ2) is 6.92. The molecule has 3 atom stereocenters. The summed E-state index contributed by atoms with van der Waals surface area (Å²) in [4.78, 5) is 0. The predicted octanol–water partition coefficient (Wildman–Crippen LogP) is 2.80. The first-order valence-corrected chi connectivity index (χ1v) is 7.75. The molecule has 1 rings (SSSR count). The molecule has 0 aliphatic heterocycles. The number of rotatable bonds is 6. The Morgan fingerprint density at radius 3 is 2.35 bits per heavy atom. The van der Waals surface area contributed by atoms with E-state index in [-0.39, 0.29) is 5.25 Å². The molecule has 0 bridgehead atoms. The smallest absolute Gasteiger partial charge is 0.0329 e. The van der Waals surface area contributed by atoms with Gasteiger partial charge in [-0.1, -0.05) is 36.8 Å². The van der Waals surface area contributed by atoms with Crippen molar-refractivity contribution in [2.45, 2.75) is 38.5 Å². The Balaban J connectivity index is 2.37. The van der Waals surface area contributed by atoms with E-state index >= 15 is 0 Å². The molecule has 1 aromatic rings. The summed E-state index contributed by atoms with van der Waals surface area (Å²) in [6.07, 6.45) is 2.73. The van der Waals surface area contributed by atoms with Crippen molar-refractivity contribution in [3.8, 4) is 0 Å². The van der Waals surface area contributed by atoms with Crippen LogP contribution in [0.5, 0.6) is 0 Å². The highest BCUT2D eigenvalue weighted by Crippen LogP contribution is 2.13. The Hall–Kier alpha value is -0.670. The lowest BCUT2D eigenvalue weighted by Crippen LogP contribution is -2.24. The van der Waals surface area contributed by atoms with E-state index in [0.717, 1.165) is 13.0 Å². The van der Waals surface area contributed by atoms with E-state index in [0.29, 0.717) is 6.04 Å². The maximum Gasteiger partial charge on any atom is 0.0329 e. The van der Waals surface area contributed by atoms with Crippen molar-refractivity contribution >= 4 is 10.8 Å². The molecule has 2 nitrogen and oxygen atoms in total. The number of benzene rings is 1. The monoisotopic (exact) mass is 253 g/mol. The Morgan fingerprint density at radius 1 is 1.24 bits per heavy atom. The quantitative estimate of drug-likeness (QED) is 0.844. The van der Waals surface area contributed by atoms with Crippen molar-refractivity contribution in [3.05, 3.63) is 35.4 Å². The Morgan fingerprint density at radius 2 is 1.82 bits per heavy atom. The minimum atomic E-state index is -0.713. The number of hydrogen-bond acceptors (Lipinski definition) is 2. The maximum atomic E-state index is 11.2. The van der Waals surface area contributed by atoms with Gasteiger partial charge in [0.15, 0.2) is 0 Å². The molecule has 0 aliphatic carbocycles. The standard InChI is InChI=1S/C14H23NOS/c1-11-5-7-14(8-6-11)13(3)15-10-9-12(2)17(4)16/h5-8,12-13,15H,9-10H2,1-4H3. The van der Waals surface area contributed by atoms with Crippen LogP contribution in [0.3, 0.4) is 0 Å². The first-order valence-electron chi connectivity index (χ1n) is 6.13. The van der Waals surface area contributed by atoms with Crippen LogP contribution in [0.15, 0.2) is 24.3 Å². The number of aryl methyl sites for hydroxylation is 1. The minimum absolute atomic E-state index is 0.271. The SMILES string of the molecule is Cc1ccc(C(C)NCCC(C)S(C)=O)cc1. The zero-order valence-corrected chi connectivity index (χ0v) is 12.0. The number of hydrogen-bond donors (Lipinski definition) is 1. The summed E-state index contributed by atoms with van der Waals surface area (Å²) in [5, 5.41) is 3.74. The molecule has 96 valence electrons. The third-order valence-electron chi connectivity index (χ3n) is 3.15. The fourth-order valence-corrected chi connectivity index (χ4v) is 2.09. The van der Waals surface area contributed by atoms with Crippen LogP contribution in [-0.4, -0.2) is 22.3 Å². The molecule has 0 spiro atoms. The van der Waals surface area contributed by atoms with Gasteiger partial charge in [-0.15, -0.1) is 0 Å². The van der Waals surface area contributed by atoms with Crippen molar-refractivity contribution in [1.82, 2.24) is 5.32 Å². The Kier molecular flexibility index (Phi) is 5.86. The molecule has 0 aromatic heterocycles. The highest BCUT2D eigenvalue weighted by Gasteiger charge is 2.08. The molecule has 0 aliphatic rings. The van der Waals surface area contributed by atoms with Gasteiger partial charge in [-0.2, -0.15) is 0 Å². The van der Waals surface area contributed by atoms with Crippen molar-refractivity contribution in [1.29, 1.82) is 0 Å². The fraction of sp³-hybridized carbons (Fsp3) is 0.571. The van der Waals surface area contributed by atoms with Crippen LogP contribution in [0.25, 0.3) is 0 Å². The summed E-state index contributed by atoms with van der Waals surface area (Å²) in [6, 6.07) is 8.95. The van der Waals surface area contributed by atoms with Crippen LogP contribution in [0.4, 0.5) is 0 Å². The second-order valence-electron chi connectivity index (χ2n) is 4.68. The molecule has 3 heteroatoms. The second-order valence-corrected chi connectivity index (χ2v) is 6.49. The molecule has 3 unspecified atom stereocenters. The van der Waals surface area contributed by atoms with Crippen LogP contribution in [0.1, 0.15) is 37.4 Å². The van der Waals surface area contributed by atoms with E-state index in [9.17, 15) is 4.21 Å². The molecule has 17 heavy (non-hydrogen) atoms. The van der Waals surface area contributed by atoms with Crippen molar-refractivity contribution in [2.24, 2.45) is 0 Å². The van der Waals surface area contributed by atoms with E-state index in [1.165, 1.54) is 11.1 Å². The Labute approximate surface area is 107 Å². The van der Waals surface area contributed by atoms with Gasteiger partial charge in [-0.25, -0.2) is 0 Å². The molecule has 0 saturated carbocycles.